The fourth-order valence-corrected chi connectivity index (χ4v) is 2.51. The fourth-order valence-electron chi connectivity index (χ4n) is 2.51. The van der Waals surface area contributed by atoms with Gasteiger partial charge in [0.25, 0.3) is 5.91 Å². The Morgan fingerprint density at radius 3 is 2.84 bits per heavy atom. The molecule has 1 aliphatic heterocycles. The zero-order valence-electron chi connectivity index (χ0n) is 11.6. The Morgan fingerprint density at radius 1 is 1.53 bits per heavy atom. The van der Waals surface area contributed by atoms with Gasteiger partial charge < -0.3 is 16.4 Å². The van der Waals surface area contributed by atoms with Crippen LogP contribution in [0.25, 0.3) is 0 Å². The molecule has 4 N–H and O–H groups in total. The molecular weight excluding hydrogens is 240 g/mol. The first-order valence-electron chi connectivity index (χ1n) is 6.72. The standard InChI is InChI=1S/C14H22N4O/c1-10-3-6-17-13(11(10)12(15)19)18-9-14(2)4-7-16-8-5-14/h3,6,16H,4-5,7-9H2,1-2H3,(H2,15,19)(H,17,18). The molecule has 0 unspecified atom stereocenters. The van der Waals surface area contributed by atoms with Crippen LogP contribution in [0.4, 0.5) is 5.82 Å². The average Bonchev–Trinajstić information content (AvgIpc) is 2.37. The van der Waals surface area contributed by atoms with Crippen molar-refractivity contribution >= 4 is 11.7 Å². The Balaban J connectivity index is 2.11. The molecule has 2 heterocycles. The highest BCUT2D eigenvalue weighted by atomic mass is 16.1. The molecule has 5 nitrogen and oxygen atoms in total. The molecule has 1 aliphatic rings. The molecule has 0 aliphatic carbocycles. The molecule has 0 radical (unpaired) electrons. The van der Waals surface area contributed by atoms with Crippen molar-refractivity contribution in [1.29, 1.82) is 0 Å². The van der Waals surface area contributed by atoms with Crippen LogP contribution in [0.15, 0.2) is 12.3 Å². The first kappa shape index (κ1) is 13.8. The maximum atomic E-state index is 11.5. The highest BCUT2D eigenvalue weighted by Gasteiger charge is 2.27. The summed E-state index contributed by atoms with van der Waals surface area (Å²) >= 11 is 0. The molecule has 104 valence electrons. The SMILES string of the molecule is Cc1ccnc(NCC2(C)CCNCC2)c1C(N)=O. The minimum Gasteiger partial charge on any atom is -0.369 e. The third-order valence-corrected chi connectivity index (χ3v) is 3.90. The third kappa shape index (κ3) is 3.23. The summed E-state index contributed by atoms with van der Waals surface area (Å²) in [5.74, 6) is 0.177. The summed E-state index contributed by atoms with van der Waals surface area (Å²) < 4.78 is 0. The number of anilines is 1. The smallest absolute Gasteiger partial charge is 0.252 e. The van der Waals surface area contributed by atoms with Crippen LogP contribution in [0.2, 0.25) is 0 Å². The number of carbonyl (C=O) groups is 1. The normalized spacial score (nSPS) is 18.0. The molecule has 5 heteroatoms. The van der Waals surface area contributed by atoms with Gasteiger partial charge in [-0.25, -0.2) is 4.98 Å². The largest absolute Gasteiger partial charge is 0.369 e. The molecule has 19 heavy (non-hydrogen) atoms. The van der Waals surface area contributed by atoms with Crippen LogP contribution >= 0.6 is 0 Å². The van der Waals surface area contributed by atoms with Crippen molar-refractivity contribution in [2.24, 2.45) is 11.1 Å². The van der Waals surface area contributed by atoms with Gasteiger partial charge in [-0.3, -0.25) is 4.79 Å². The Hall–Kier alpha value is -1.62. The van der Waals surface area contributed by atoms with Crippen molar-refractivity contribution in [3.63, 3.8) is 0 Å². The van der Waals surface area contributed by atoms with E-state index in [1.807, 2.05) is 6.92 Å². The molecule has 0 spiro atoms. The van der Waals surface area contributed by atoms with Gasteiger partial charge in [-0.2, -0.15) is 0 Å². The first-order valence-corrected chi connectivity index (χ1v) is 6.72. The van der Waals surface area contributed by atoms with E-state index in [9.17, 15) is 4.79 Å². The lowest BCUT2D eigenvalue weighted by Gasteiger charge is -2.34. The van der Waals surface area contributed by atoms with Crippen molar-refractivity contribution in [1.82, 2.24) is 10.3 Å². The van der Waals surface area contributed by atoms with Crippen LogP contribution in [0.3, 0.4) is 0 Å². The minimum atomic E-state index is -0.427. The van der Waals surface area contributed by atoms with Crippen LogP contribution in [0.5, 0.6) is 0 Å². The van der Waals surface area contributed by atoms with E-state index in [4.69, 9.17) is 5.73 Å². The van der Waals surface area contributed by atoms with Gasteiger partial charge >= 0.3 is 0 Å². The van der Waals surface area contributed by atoms with Gasteiger partial charge in [0.15, 0.2) is 0 Å². The number of rotatable bonds is 4. The molecule has 0 atom stereocenters. The lowest BCUT2D eigenvalue weighted by Crippen LogP contribution is -2.39. The molecule has 0 saturated carbocycles. The number of hydrogen-bond acceptors (Lipinski definition) is 4. The number of nitrogens with zero attached hydrogens (tertiary/aromatic N) is 1. The summed E-state index contributed by atoms with van der Waals surface area (Å²) in [6.45, 7) is 7.04. The predicted octanol–water partition coefficient (Wildman–Crippen LogP) is 1.29. The number of pyridine rings is 1. The molecule has 0 aromatic carbocycles. The Morgan fingerprint density at radius 2 is 2.21 bits per heavy atom. The van der Waals surface area contributed by atoms with E-state index in [2.05, 4.69) is 22.5 Å². The lowest BCUT2D eigenvalue weighted by atomic mass is 9.81. The van der Waals surface area contributed by atoms with E-state index in [0.717, 1.165) is 38.0 Å². The summed E-state index contributed by atoms with van der Waals surface area (Å²) in [7, 11) is 0. The van der Waals surface area contributed by atoms with Gasteiger partial charge in [-0.15, -0.1) is 0 Å². The Bertz CT molecular complexity index is 467. The number of aryl methyl sites for hydroxylation is 1. The van der Waals surface area contributed by atoms with Crippen molar-refractivity contribution in [3.8, 4) is 0 Å². The topological polar surface area (TPSA) is 80.0 Å². The Labute approximate surface area is 114 Å². The van der Waals surface area contributed by atoms with Gasteiger partial charge in [-0.05, 0) is 49.9 Å². The van der Waals surface area contributed by atoms with Gasteiger partial charge in [0.2, 0.25) is 0 Å². The number of nitrogens with one attached hydrogen (secondary N) is 2. The van der Waals surface area contributed by atoms with Crippen molar-refractivity contribution in [3.05, 3.63) is 23.4 Å². The van der Waals surface area contributed by atoms with Crippen molar-refractivity contribution in [2.45, 2.75) is 26.7 Å². The molecular formula is C14H22N4O. The first-order chi connectivity index (χ1) is 9.02. The highest BCUT2D eigenvalue weighted by Crippen LogP contribution is 2.28. The molecule has 1 aromatic heterocycles. The van der Waals surface area contributed by atoms with E-state index < -0.39 is 5.91 Å². The second-order valence-electron chi connectivity index (χ2n) is 5.63. The zero-order valence-corrected chi connectivity index (χ0v) is 11.6. The lowest BCUT2D eigenvalue weighted by molar-refractivity contribution is 0.1000. The predicted molar refractivity (Wildman–Crippen MR) is 76.2 cm³/mol. The van der Waals surface area contributed by atoms with Gasteiger partial charge in [0.05, 0.1) is 5.56 Å². The van der Waals surface area contributed by atoms with Crippen LogP contribution in [0, 0.1) is 12.3 Å². The number of nitrogens with two attached hydrogens (primary N) is 1. The number of carbonyl (C=O) groups excluding carboxylic acids is 1. The summed E-state index contributed by atoms with van der Waals surface area (Å²) in [4.78, 5) is 15.8. The van der Waals surface area contributed by atoms with Crippen LogP contribution in [-0.2, 0) is 0 Å². The zero-order chi connectivity index (χ0) is 13.9. The number of hydrogen-bond donors (Lipinski definition) is 3. The van der Waals surface area contributed by atoms with Crippen molar-refractivity contribution in [2.75, 3.05) is 25.0 Å². The van der Waals surface area contributed by atoms with Gasteiger partial charge in [0, 0.05) is 12.7 Å². The average molecular weight is 262 g/mol. The monoisotopic (exact) mass is 262 g/mol. The van der Waals surface area contributed by atoms with E-state index >= 15 is 0 Å². The quantitative estimate of drug-likeness (QED) is 0.764. The van der Waals surface area contributed by atoms with E-state index in [-0.39, 0.29) is 5.41 Å². The minimum absolute atomic E-state index is 0.242. The second-order valence-corrected chi connectivity index (χ2v) is 5.63. The summed E-state index contributed by atoms with van der Waals surface area (Å²) in [5, 5.41) is 6.67. The molecule has 2 rings (SSSR count). The van der Waals surface area contributed by atoms with Gasteiger partial charge in [-0.1, -0.05) is 6.92 Å². The third-order valence-electron chi connectivity index (χ3n) is 3.90. The molecule has 0 bridgehead atoms. The number of amides is 1. The number of aromatic nitrogens is 1. The molecule has 1 saturated heterocycles. The van der Waals surface area contributed by atoms with E-state index in [1.54, 1.807) is 12.3 Å². The van der Waals surface area contributed by atoms with E-state index in [0.29, 0.717) is 11.4 Å². The summed E-state index contributed by atoms with van der Waals surface area (Å²) in [6, 6.07) is 1.80. The summed E-state index contributed by atoms with van der Waals surface area (Å²) in [6.07, 6.45) is 3.95. The van der Waals surface area contributed by atoms with Crippen LogP contribution in [0.1, 0.15) is 35.7 Å². The maximum absolute atomic E-state index is 11.5. The second kappa shape index (κ2) is 5.57. The fraction of sp³-hybridized carbons (Fsp3) is 0.571. The number of primary amides is 1. The van der Waals surface area contributed by atoms with E-state index in [1.165, 1.54) is 0 Å². The molecule has 1 aromatic rings. The summed E-state index contributed by atoms with van der Waals surface area (Å²) in [5.41, 5.74) is 7.03. The van der Waals surface area contributed by atoms with Crippen LogP contribution in [-0.4, -0.2) is 30.5 Å². The maximum Gasteiger partial charge on any atom is 0.252 e. The molecule has 1 fully saturated rings. The van der Waals surface area contributed by atoms with Gasteiger partial charge in [0.1, 0.15) is 5.82 Å². The highest BCUT2D eigenvalue weighted by molar-refractivity contribution is 5.98. The Kier molecular flexibility index (Phi) is 4.04. The van der Waals surface area contributed by atoms with Crippen molar-refractivity contribution < 1.29 is 4.79 Å². The number of piperidine rings is 1. The molecule has 1 amide bonds. The van der Waals surface area contributed by atoms with Crippen LogP contribution < -0.4 is 16.4 Å².